The van der Waals surface area contributed by atoms with E-state index >= 15 is 0 Å². The van der Waals surface area contributed by atoms with Gasteiger partial charge in [0.25, 0.3) is 6.16 Å². The summed E-state index contributed by atoms with van der Waals surface area (Å²) in [5, 5.41) is 9.94. The number of hydrogen-bond donors (Lipinski definition) is 0. The normalized spacial score (nSPS) is 10.9. The van der Waals surface area contributed by atoms with E-state index in [1.54, 1.807) is 0 Å². The molecule has 0 aliphatic carbocycles. The van der Waals surface area contributed by atoms with E-state index in [9.17, 15) is 23.1 Å². The van der Waals surface area contributed by atoms with Crippen LogP contribution in [0.1, 0.15) is 0 Å². The molecule has 0 radical (unpaired) electrons. The first-order valence-corrected chi connectivity index (χ1v) is 3.61. The zero-order valence-electron chi connectivity index (χ0n) is 7.08. The lowest BCUT2D eigenvalue weighted by Crippen LogP contribution is -2.26. The van der Waals surface area contributed by atoms with Crippen LogP contribution in [0.15, 0.2) is 24.3 Å². The molecule has 0 aromatic heterocycles. The Morgan fingerprint density at radius 1 is 1.13 bits per heavy atom. The molecule has 1 aromatic carbocycles. The van der Waals surface area contributed by atoms with Crippen molar-refractivity contribution in [2.24, 2.45) is 0 Å². The van der Waals surface area contributed by atoms with Crippen LogP contribution in [-0.4, -0.2) is 12.5 Å². The molecule has 0 amide bonds. The van der Waals surface area contributed by atoms with E-state index < -0.39 is 18.3 Å². The second kappa shape index (κ2) is 4.07. The summed E-state index contributed by atoms with van der Waals surface area (Å²) in [6, 6.07) is 3.87. The van der Waals surface area contributed by atoms with E-state index in [2.05, 4.69) is 9.47 Å². The van der Waals surface area contributed by atoms with Gasteiger partial charge in [-0.3, -0.25) is 0 Å². The lowest BCUT2D eigenvalue weighted by atomic mass is 10.3. The summed E-state index contributed by atoms with van der Waals surface area (Å²) in [7, 11) is 0. The van der Waals surface area contributed by atoms with Crippen LogP contribution in [0.2, 0.25) is 0 Å². The molecule has 7 heteroatoms. The summed E-state index contributed by atoms with van der Waals surface area (Å²) in [6.07, 6.45) is -6.57. The molecule has 0 aliphatic rings. The molecule has 82 valence electrons. The van der Waals surface area contributed by atoms with Crippen molar-refractivity contribution < 1.29 is 32.5 Å². The zero-order valence-corrected chi connectivity index (χ0v) is 7.08. The highest BCUT2D eigenvalue weighted by molar-refractivity contribution is 5.58. The van der Waals surface area contributed by atoms with Crippen molar-refractivity contribution in [1.82, 2.24) is 0 Å². The number of hydrogen-bond acceptors (Lipinski definition) is 4. The van der Waals surface area contributed by atoms with Crippen LogP contribution in [0.5, 0.6) is 11.5 Å². The number of benzene rings is 1. The Labute approximate surface area is 81.8 Å². The number of rotatable bonds is 2. The molecule has 15 heavy (non-hydrogen) atoms. The lowest BCUT2D eigenvalue weighted by molar-refractivity contribution is -0.275. The number of carbonyl (C=O) groups excluding carboxylic acids is 1. The molecule has 0 saturated carbocycles. The fraction of sp³-hybridized carbons (Fsp3) is 0.125. The van der Waals surface area contributed by atoms with Crippen molar-refractivity contribution >= 4 is 6.16 Å². The van der Waals surface area contributed by atoms with E-state index in [4.69, 9.17) is 0 Å². The van der Waals surface area contributed by atoms with Gasteiger partial charge < -0.3 is 19.4 Å². The van der Waals surface area contributed by atoms with Gasteiger partial charge in [-0.25, -0.2) is 0 Å². The molecule has 0 bridgehead atoms. The molecule has 0 fully saturated rings. The molecule has 0 N–H and O–H groups in total. The van der Waals surface area contributed by atoms with Gasteiger partial charge in [-0.2, -0.15) is 0 Å². The zero-order chi connectivity index (χ0) is 11.5. The first-order valence-electron chi connectivity index (χ1n) is 3.61. The summed E-state index contributed by atoms with van der Waals surface area (Å²) in [5.41, 5.74) is 0. The first-order chi connectivity index (χ1) is 6.87. The molecule has 1 aromatic rings. The van der Waals surface area contributed by atoms with Crippen LogP contribution < -0.4 is 14.6 Å². The highest BCUT2D eigenvalue weighted by atomic mass is 19.4. The Morgan fingerprint density at radius 2 is 1.60 bits per heavy atom. The fourth-order valence-corrected chi connectivity index (χ4v) is 0.806. The maximum absolute atomic E-state index is 11.7. The van der Waals surface area contributed by atoms with Crippen molar-refractivity contribution in [3.05, 3.63) is 24.3 Å². The second-order valence-electron chi connectivity index (χ2n) is 2.37. The van der Waals surface area contributed by atoms with E-state index in [1.165, 1.54) is 0 Å². The number of carbonyl (C=O) groups is 1. The summed E-state index contributed by atoms with van der Waals surface area (Å²) in [4.78, 5) is 9.94. The molecular formula is C8H4F3O4-. The van der Waals surface area contributed by atoms with E-state index in [0.717, 1.165) is 24.3 Å². The topological polar surface area (TPSA) is 58.6 Å². The largest absolute Gasteiger partial charge is 0.573 e. The standard InChI is InChI=1S/C8H5F3O4/c9-8(10,11)15-6-3-1-5(2-4-6)14-7(12)13/h1-4H,(H,12,13)/p-1. The molecule has 0 saturated heterocycles. The number of carboxylic acid groups (broad SMARTS) is 1. The molecular weight excluding hydrogens is 217 g/mol. The Hall–Kier alpha value is -1.92. The highest BCUT2D eigenvalue weighted by Crippen LogP contribution is 2.24. The molecule has 0 atom stereocenters. The number of halogens is 3. The summed E-state index contributed by atoms with van der Waals surface area (Å²) in [6.45, 7) is 0. The summed E-state index contributed by atoms with van der Waals surface area (Å²) in [5.74, 6) is -0.613. The monoisotopic (exact) mass is 221 g/mol. The van der Waals surface area contributed by atoms with Gasteiger partial charge in [0.15, 0.2) is 0 Å². The van der Waals surface area contributed by atoms with Gasteiger partial charge in [0, 0.05) is 0 Å². The van der Waals surface area contributed by atoms with Crippen LogP contribution in [0, 0.1) is 0 Å². The van der Waals surface area contributed by atoms with Gasteiger partial charge in [-0.15, -0.1) is 13.2 Å². The Bertz CT molecular complexity index is 344. The predicted molar refractivity (Wildman–Crippen MR) is 39.1 cm³/mol. The second-order valence-corrected chi connectivity index (χ2v) is 2.37. The minimum absolute atomic E-state index is 0.149. The van der Waals surface area contributed by atoms with E-state index in [1.807, 2.05) is 0 Å². The Kier molecular flexibility index (Phi) is 3.03. The van der Waals surface area contributed by atoms with Crippen LogP contribution in [0.25, 0.3) is 0 Å². The predicted octanol–water partition coefficient (Wildman–Crippen LogP) is 1.31. The van der Waals surface area contributed by atoms with E-state index in [-0.39, 0.29) is 5.75 Å². The third-order valence-electron chi connectivity index (χ3n) is 1.26. The quantitative estimate of drug-likeness (QED) is 0.558. The average Bonchev–Trinajstić information content (AvgIpc) is 2.05. The Morgan fingerprint density at radius 3 is 2.00 bits per heavy atom. The third kappa shape index (κ3) is 4.21. The van der Waals surface area contributed by atoms with E-state index in [0.29, 0.717) is 0 Å². The van der Waals surface area contributed by atoms with Gasteiger partial charge in [-0.1, -0.05) is 0 Å². The fourth-order valence-electron chi connectivity index (χ4n) is 0.806. The molecule has 1 rings (SSSR count). The Balaban J connectivity index is 2.68. The van der Waals surface area contributed by atoms with Crippen molar-refractivity contribution in [3.63, 3.8) is 0 Å². The minimum atomic E-state index is -4.78. The van der Waals surface area contributed by atoms with Gasteiger partial charge >= 0.3 is 6.36 Å². The summed E-state index contributed by atoms with van der Waals surface area (Å²) < 4.78 is 42.7. The summed E-state index contributed by atoms with van der Waals surface area (Å²) >= 11 is 0. The van der Waals surface area contributed by atoms with Crippen molar-refractivity contribution in [2.75, 3.05) is 0 Å². The van der Waals surface area contributed by atoms with Gasteiger partial charge in [0.2, 0.25) is 0 Å². The molecule has 4 nitrogen and oxygen atoms in total. The first kappa shape index (κ1) is 11.2. The maximum atomic E-state index is 11.7. The van der Waals surface area contributed by atoms with Crippen molar-refractivity contribution in [3.8, 4) is 11.5 Å². The third-order valence-corrected chi connectivity index (χ3v) is 1.26. The van der Waals surface area contributed by atoms with Gasteiger partial charge in [-0.05, 0) is 24.3 Å². The lowest BCUT2D eigenvalue weighted by Gasteiger charge is -2.11. The molecule has 0 aliphatic heterocycles. The average molecular weight is 221 g/mol. The van der Waals surface area contributed by atoms with Crippen LogP contribution in [0.4, 0.5) is 18.0 Å². The van der Waals surface area contributed by atoms with Crippen LogP contribution in [-0.2, 0) is 0 Å². The van der Waals surface area contributed by atoms with Crippen molar-refractivity contribution in [2.45, 2.75) is 6.36 Å². The molecule has 0 heterocycles. The minimum Gasteiger partial charge on any atom is -0.514 e. The SMILES string of the molecule is O=C([O-])Oc1ccc(OC(F)(F)F)cc1. The maximum Gasteiger partial charge on any atom is 0.573 e. The molecule has 0 spiro atoms. The highest BCUT2D eigenvalue weighted by Gasteiger charge is 2.30. The van der Waals surface area contributed by atoms with Gasteiger partial charge in [0.1, 0.15) is 5.75 Å². The molecule has 0 unspecified atom stereocenters. The number of ether oxygens (including phenoxy) is 2. The van der Waals surface area contributed by atoms with Gasteiger partial charge in [0.05, 0.1) is 5.75 Å². The van der Waals surface area contributed by atoms with Crippen molar-refractivity contribution in [1.29, 1.82) is 0 Å². The smallest absolute Gasteiger partial charge is 0.514 e. The number of alkyl halides is 3. The van der Waals surface area contributed by atoms with Crippen LogP contribution in [0.3, 0.4) is 0 Å². The van der Waals surface area contributed by atoms with Crippen LogP contribution >= 0.6 is 0 Å².